The van der Waals surface area contributed by atoms with E-state index in [1.165, 1.54) is 6.07 Å². The molecule has 0 aliphatic heterocycles. The Morgan fingerprint density at radius 2 is 2.30 bits per heavy atom. The number of aromatic nitrogens is 1. The second-order valence-corrected chi connectivity index (χ2v) is 4.31. The number of hydrogen-bond acceptors (Lipinski definition) is 1. The van der Waals surface area contributed by atoms with Crippen LogP contribution in [0.25, 0.3) is 10.9 Å². The molecule has 0 spiro atoms. The summed E-state index contributed by atoms with van der Waals surface area (Å²) in [6, 6.07) is 4.74. The van der Waals surface area contributed by atoms with Crippen LogP contribution in [0.1, 0.15) is 5.56 Å². The first-order chi connectivity index (χ1) is 9.74. The van der Waals surface area contributed by atoms with E-state index in [4.69, 9.17) is 6.42 Å². The van der Waals surface area contributed by atoms with E-state index in [0.717, 1.165) is 22.9 Å². The number of nitrogens with one attached hydrogen (secondary N) is 3. The van der Waals surface area contributed by atoms with Crippen LogP contribution < -0.4 is 10.6 Å². The fourth-order valence-electron chi connectivity index (χ4n) is 2.03. The van der Waals surface area contributed by atoms with Crippen molar-refractivity contribution < 1.29 is 4.39 Å². The summed E-state index contributed by atoms with van der Waals surface area (Å²) in [5, 5.41) is 7.05. The number of rotatable bonds is 4. The average Bonchev–Trinajstić information content (AvgIpc) is 2.85. The molecule has 4 nitrogen and oxygen atoms in total. The first-order valence-electron chi connectivity index (χ1n) is 6.38. The summed E-state index contributed by atoms with van der Waals surface area (Å²) in [6.07, 6.45) is 7.85. The fraction of sp³-hybridized carbons (Fsp3) is 0.267. The van der Waals surface area contributed by atoms with Gasteiger partial charge < -0.3 is 15.6 Å². The molecular weight excluding hydrogens is 255 g/mol. The van der Waals surface area contributed by atoms with Crippen molar-refractivity contribution in [1.82, 2.24) is 15.6 Å². The van der Waals surface area contributed by atoms with E-state index in [9.17, 15) is 4.39 Å². The third-order valence-corrected chi connectivity index (χ3v) is 3.00. The Balaban J connectivity index is 1.96. The molecule has 0 saturated carbocycles. The van der Waals surface area contributed by atoms with Gasteiger partial charge in [0.05, 0.1) is 6.54 Å². The van der Waals surface area contributed by atoms with Gasteiger partial charge in [-0.15, -0.1) is 6.42 Å². The Bertz CT molecular complexity index is 651. The summed E-state index contributed by atoms with van der Waals surface area (Å²) in [4.78, 5) is 7.19. The number of aliphatic imine (C=N–C) groups is 1. The molecule has 2 rings (SSSR count). The van der Waals surface area contributed by atoms with E-state index in [0.29, 0.717) is 19.0 Å². The van der Waals surface area contributed by atoms with Crippen LogP contribution in [-0.2, 0) is 6.42 Å². The van der Waals surface area contributed by atoms with Crippen molar-refractivity contribution in [2.45, 2.75) is 6.42 Å². The van der Waals surface area contributed by atoms with Gasteiger partial charge in [0.1, 0.15) is 5.82 Å². The minimum absolute atomic E-state index is 0.224. The topological polar surface area (TPSA) is 52.2 Å². The van der Waals surface area contributed by atoms with Crippen LogP contribution in [0, 0.1) is 18.2 Å². The summed E-state index contributed by atoms with van der Waals surface area (Å²) in [6.45, 7) is 1.12. The smallest absolute Gasteiger partial charge is 0.191 e. The van der Waals surface area contributed by atoms with Crippen molar-refractivity contribution in [3.63, 3.8) is 0 Å². The zero-order chi connectivity index (χ0) is 14.4. The van der Waals surface area contributed by atoms with Crippen molar-refractivity contribution in [1.29, 1.82) is 0 Å². The van der Waals surface area contributed by atoms with Gasteiger partial charge in [0.15, 0.2) is 5.96 Å². The number of aromatic amines is 1. The van der Waals surface area contributed by atoms with Crippen LogP contribution >= 0.6 is 0 Å². The molecule has 0 bridgehead atoms. The molecule has 20 heavy (non-hydrogen) atoms. The molecule has 104 valence electrons. The van der Waals surface area contributed by atoms with Gasteiger partial charge in [-0.3, -0.25) is 4.99 Å². The van der Waals surface area contributed by atoms with Gasteiger partial charge >= 0.3 is 0 Å². The standard InChI is InChI=1S/C15H17FN4/c1-3-7-18-15(17-2)19-8-6-11-10-20-14-5-4-12(16)9-13(11)14/h1,4-5,9-10,20H,6-8H2,2H3,(H2,17,18,19). The molecule has 2 aromatic rings. The molecule has 0 fully saturated rings. The molecule has 0 atom stereocenters. The zero-order valence-electron chi connectivity index (χ0n) is 11.3. The lowest BCUT2D eigenvalue weighted by atomic mass is 10.1. The van der Waals surface area contributed by atoms with Gasteiger partial charge in [0.25, 0.3) is 0 Å². The number of fused-ring (bicyclic) bond motifs is 1. The molecule has 1 heterocycles. The summed E-state index contributed by atoms with van der Waals surface area (Å²) in [5.41, 5.74) is 2.01. The molecule has 0 saturated heterocycles. The van der Waals surface area contributed by atoms with Crippen molar-refractivity contribution in [3.8, 4) is 12.3 Å². The molecule has 1 aromatic heterocycles. The van der Waals surface area contributed by atoms with E-state index in [1.54, 1.807) is 19.2 Å². The largest absolute Gasteiger partial charge is 0.361 e. The van der Waals surface area contributed by atoms with Crippen molar-refractivity contribution in [3.05, 3.63) is 35.8 Å². The molecule has 0 amide bonds. The molecule has 0 unspecified atom stereocenters. The van der Waals surface area contributed by atoms with E-state index in [2.05, 4.69) is 26.5 Å². The van der Waals surface area contributed by atoms with Gasteiger partial charge in [-0.1, -0.05) is 5.92 Å². The van der Waals surface area contributed by atoms with E-state index in [-0.39, 0.29) is 5.82 Å². The summed E-state index contributed by atoms with van der Waals surface area (Å²) >= 11 is 0. The predicted octanol–water partition coefficient (Wildman–Crippen LogP) is 1.65. The van der Waals surface area contributed by atoms with Gasteiger partial charge in [-0.05, 0) is 30.2 Å². The van der Waals surface area contributed by atoms with Gasteiger partial charge in [-0.2, -0.15) is 0 Å². The normalized spacial score (nSPS) is 11.3. The Morgan fingerprint density at radius 3 is 3.05 bits per heavy atom. The highest BCUT2D eigenvalue weighted by Gasteiger charge is 2.05. The highest BCUT2D eigenvalue weighted by molar-refractivity contribution is 5.83. The first kappa shape index (κ1) is 13.9. The van der Waals surface area contributed by atoms with Crippen molar-refractivity contribution >= 4 is 16.9 Å². The molecule has 0 radical (unpaired) electrons. The monoisotopic (exact) mass is 272 g/mol. The van der Waals surface area contributed by atoms with Gasteiger partial charge in [-0.25, -0.2) is 4.39 Å². The Morgan fingerprint density at radius 1 is 1.45 bits per heavy atom. The van der Waals surface area contributed by atoms with Crippen molar-refractivity contribution in [2.75, 3.05) is 20.1 Å². The Kier molecular flexibility index (Phi) is 4.61. The van der Waals surface area contributed by atoms with Gasteiger partial charge in [0, 0.05) is 30.7 Å². The molecule has 0 aliphatic carbocycles. The minimum atomic E-state index is -0.224. The molecule has 5 heteroatoms. The number of benzene rings is 1. The van der Waals surface area contributed by atoms with E-state index >= 15 is 0 Å². The van der Waals surface area contributed by atoms with Crippen LogP contribution in [0.5, 0.6) is 0 Å². The van der Waals surface area contributed by atoms with Crippen LogP contribution in [0.15, 0.2) is 29.4 Å². The lowest BCUT2D eigenvalue weighted by Crippen LogP contribution is -2.38. The molecular formula is C15H17FN4. The highest BCUT2D eigenvalue weighted by atomic mass is 19.1. The highest BCUT2D eigenvalue weighted by Crippen LogP contribution is 2.19. The maximum atomic E-state index is 13.3. The lowest BCUT2D eigenvalue weighted by molar-refractivity contribution is 0.629. The average molecular weight is 272 g/mol. The number of nitrogens with zero attached hydrogens (tertiary/aromatic N) is 1. The molecule has 3 N–H and O–H groups in total. The van der Waals surface area contributed by atoms with Crippen LogP contribution in [-0.4, -0.2) is 31.1 Å². The maximum Gasteiger partial charge on any atom is 0.191 e. The quantitative estimate of drug-likeness (QED) is 0.450. The van der Waals surface area contributed by atoms with Crippen LogP contribution in [0.3, 0.4) is 0 Å². The minimum Gasteiger partial charge on any atom is -0.361 e. The van der Waals surface area contributed by atoms with E-state index < -0.39 is 0 Å². The molecule has 0 aliphatic rings. The predicted molar refractivity (Wildman–Crippen MR) is 80.2 cm³/mol. The number of halogens is 1. The Labute approximate surface area is 117 Å². The zero-order valence-corrected chi connectivity index (χ0v) is 11.3. The first-order valence-corrected chi connectivity index (χ1v) is 6.38. The van der Waals surface area contributed by atoms with Crippen LogP contribution in [0.4, 0.5) is 4.39 Å². The van der Waals surface area contributed by atoms with Crippen molar-refractivity contribution in [2.24, 2.45) is 4.99 Å². The number of hydrogen-bond donors (Lipinski definition) is 3. The summed E-state index contributed by atoms with van der Waals surface area (Å²) in [7, 11) is 1.69. The lowest BCUT2D eigenvalue weighted by Gasteiger charge is -2.09. The van der Waals surface area contributed by atoms with E-state index in [1.807, 2.05) is 6.20 Å². The summed E-state index contributed by atoms with van der Waals surface area (Å²) in [5.74, 6) is 2.93. The number of guanidine groups is 1. The number of H-pyrrole nitrogens is 1. The Hall–Kier alpha value is -2.48. The van der Waals surface area contributed by atoms with Crippen LogP contribution in [0.2, 0.25) is 0 Å². The second kappa shape index (κ2) is 6.62. The second-order valence-electron chi connectivity index (χ2n) is 4.31. The summed E-state index contributed by atoms with van der Waals surface area (Å²) < 4.78 is 13.3. The fourth-order valence-corrected chi connectivity index (χ4v) is 2.03. The third-order valence-electron chi connectivity index (χ3n) is 3.00. The number of terminal acetylenes is 1. The molecule has 1 aromatic carbocycles. The maximum absolute atomic E-state index is 13.3. The third kappa shape index (κ3) is 3.29. The van der Waals surface area contributed by atoms with Gasteiger partial charge in [0.2, 0.25) is 0 Å². The SMILES string of the molecule is C#CCNC(=NC)NCCc1c[nH]c2ccc(F)cc12.